The van der Waals surface area contributed by atoms with Crippen molar-refractivity contribution in [3.8, 4) is 11.1 Å². The first-order valence-electron chi connectivity index (χ1n) is 11.5. The van der Waals surface area contributed by atoms with E-state index < -0.39 is 29.9 Å². The molecule has 34 heavy (non-hydrogen) atoms. The van der Waals surface area contributed by atoms with Gasteiger partial charge in [0.2, 0.25) is 5.91 Å². The number of carboxylic acid groups (broad SMARTS) is 1. The normalized spacial score (nSPS) is 14.1. The highest BCUT2D eigenvalue weighted by molar-refractivity contribution is 5.85. The summed E-state index contributed by atoms with van der Waals surface area (Å²) in [5, 5.41) is 23.4. The fourth-order valence-electron chi connectivity index (χ4n) is 4.38. The summed E-state index contributed by atoms with van der Waals surface area (Å²) < 4.78 is 5.52. The highest BCUT2D eigenvalue weighted by atomic mass is 16.5. The lowest BCUT2D eigenvalue weighted by Gasteiger charge is -2.22. The number of amides is 2. The van der Waals surface area contributed by atoms with Crippen molar-refractivity contribution in [2.24, 2.45) is 11.8 Å². The molecule has 0 radical (unpaired) electrons. The highest BCUT2D eigenvalue weighted by Crippen LogP contribution is 2.44. The smallest absolute Gasteiger partial charge is 0.407 e. The van der Waals surface area contributed by atoms with Gasteiger partial charge in [0.25, 0.3) is 0 Å². The molecule has 0 heterocycles. The van der Waals surface area contributed by atoms with Gasteiger partial charge in [0.05, 0.1) is 5.92 Å². The molecule has 0 fully saturated rings. The van der Waals surface area contributed by atoms with E-state index in [1.807, 2.05) is 50.2 Å². The summed E-state index contributed by atoms with van der Waals surface area (Å²) >= 11 is 0. The molecule has 1 aliphatic carbocycles. The Morgan fingerprint density at radius 2 is 1.59 bits per heavy atom. The van der Waals surface area contributed by atoms with E-state index in [1.54, 1.807) is 0 Å². The molecule has 8 nitrogen and oxygen atoms in total. The molecule has 0 aromatic heterocycles. The number of hydrogen-bond acceptors (Lipinski definition) is 5. The van der Waals surface area contributed by atoms with Gasteiger partial charge in [-0.2, -0.15) is 0 Å². The van der Waals surface area contributed by atoms with Crippen LogP contribution in [0, 0.1) is 11.8 Å². The van der Waals surface area contributed by atoms with Crippen LogP contribution in [-0.4, -0.2) is 54.0 Å². The first-order chi connectivity index (χ1) is 16.3. The summed E-state index contributed by atoms with van der Waals surface area (Å²) in [6, 6.07) is 14.9. The Kier molecular flexibility index (Phi) is 8.65. The van der Waals surface area contributed by atoms with Crippen LogP contribution in [0.1, 0.15) is 43.7 Å². The molecule has 182 valence electrons. The maximum absolute atomic E-state index is 12.7. The van der Waals surface area contributed by atoms with Crippen LogP contribution in [-0.2, 0) is 14.3 Å². The van der Waals surface area contributed by atoms with Gasteiger partial charge in [0.1, 0.15) is 12.6 Å². The zero-order valence-corrected chi connectivity index (χ0v) is 19.5. The summed E-state index contributed by atoms with van der Waals surface area (Å²) in [5.41, 5.74) is 4.49. The van der Waals surface area contributed by atoms with Crippen molar-refractivity contribution in [2.75, 3.05) is 19.8 Å². The Labute approximate surface area is 199 Å². The minimum Gasteiger partial charge on any atom is -0.480 e. The molecule has 2 unspecified atom stereocenters. The first kappa shape index (κ1) is 25.2. The Morgan fingerprint density at radius 1 is 1.00 bits per heavy atom. The maximum Gasteiger partial charge on any atom is 0.407 e. The number of alkyl carbamates (subject to hydrolysis) is 1. The second-order valence-electron chi connectivity index (χ2n) is 8.94. The number of rotatable bonds is 11. The van der Waals surface area contributed by atoms with Gasteiger partial charge in [-0.1, -0.05) is 62.4 Å². The number of benzene rings is 2. The molecule has 2 amide bonds. The van der Waals surface area contributed by atoms with Gasteiger partial charge in [-0.25, -0.2) is 9.59 Å². The Balaban J connectivity index is 1.59. The number of fused-ring (bicyclic) bond motifs is 3. The van der Waals surface area contributed by atoms with Gasteiger partial charge in [-0.3, -0.25) is 4.79 Å². The van der Waals surface area contributed by atoms with E-state index >= 15 is 0 Å². The number of nitrogens with one attached hydrogen (secondary N) is 2. The van der Waals surface area contributed by atoms with Gasteiger partial charge < -0.3 is 25.6 Å². The van der Waals surface area contributed by atoms with E-state index in [0.29, 0.717) is 6.42 Å². The van der Waals surface area contributed by atoms with Gasteiger partial charge >= 0.3 is 12.1 Å². The number of aliphatic carboxylic acids is 1. The maximum atomic E-state index is 12.7. The Bertz CT molecular complexity index is 976. The third kappa shape index (κ3) is 6.14. The quantitative estimate of drug-likeness (QED) is 0.402. The second-order valence-corrected chi connectivity index (χ2v) is 8.94. The SMILES string of the molecule is CC(C)CC(CNC(=O)OCC1c2ccccc2-c2ccccc21)C(=O)NC(CCO)C(=O)O. The van der Waals surface area contributed by atoms with Gasteiger partial charge in [0, 0.05) is 25.5 Å². The van der Waals surface area contributed by atoms with Crippen molar-refractivity contribution >= 4 is 18.0 Å². The molecule has 0 saturated heterocycles. The zero-order valence-electron chi connectivity index (χ0n) is 19.5. The molecule has 0 spiro atoms. The van der Waals surface area contributed by atoms with E-state index in [2.05, 4.69) is 22.8 Å². The molecule has 0 saturated carbocycles. The van der Waals surface area contributed by atoms with Crippen LogP contribution in [0.25, 0.3) is 11.1 Å². The minimum atomic E-state index is -1.21. The van der Waals surface area contributed by atoms with Gasteiger partial charge in [0.15, 0.2) is 0 Å². The fraction of sp³-hybridized carbons (Fsp3) is 0.423. The van der Waals surface area contributed by atoms with Crippen molar-refractivity contribution in [3.05, 3.63) is 59.7 Å². The van der Waals surface area contributed by atoms with E-state index in [9.17, 15) is 19.5 Å². The average molecular weight is 469 g/mol. The number of carbonyl (C=O) groups is 3. The molecule has 3 rings (SSSR count). The van der Waals surface area contributed by atoms with Gasteiger partial charge in [-0.05, 0) is 34.6 Å². The number of carbonyl (C=O) groups excluding carboxylic acids is 2. The third-order valence-corrected chi connectivity index (χ3v) is 6.00. The van der Waals surface area contributed by atoms with Crippen LogP contribution in [0.2, 0.25) is 0 Å². The van der Waals surface area contributed by atoms with Crippen LogP contribution in [0.3, 0.4) is 0 Å². The van der Waals surface area contributed by atoms with E-state index in [0.717, 1.165) is 22.3 Å². The summed E-state index contributed by atoms with van der Waals surface area (Å²) in [5.74, 6) is -2.23. The lowest BCUT2D eigenvalue weighted by molar-refractivity contribution is -0.143. The fourth-order valence-corrected chi connectivity index (χ4v) is 4.38. The van der Waals surface area contributed by atoms with E-state index in [1.165, 1.54) is 0 Å². The van der Waals surface area contributed by atoms with Crippen LogP contribution in [0.4, 0.5) is 4.79 Å². The summed E-state index contributed by atoms with van der Waals surface area (Å²) in [6.45, 7) is 3.71. The minimum absolute atomic E-state index is 0.0200. The molecule has 2 aromatic carbocycles. The Morgan fingerprint density at radius 3 is 2.12 bits per heavy atom. The van der Waals surface area contributed by atoms with Crippen molar-refractivity contribution in [1.29, 1.82) is 0 Å². The molecule has 0 bridgehead atoms. The standard InChI is InChI=1S/C26H32N2O6/c1-16(2)13-17(24(30)28-23(11-12-29)25(31)32)14-27-26(33)34-15-22-20-9-5-3-7-18(20)19-8-4-6-10-21(19)22/h3-10,16-17,22-23,29H,11-15H2,1-2H3,(H,27,33)(H,28,30)(H,31,32). The van der Waals surface area contributed by atoms with Crippen molar-refractivity contribution in [2.45, 2.75) is 38.6 Å². The van der Waals surface area contributed by atoms with Crippen LogP contribution in [0.15, 0.2) is 48.5 Å². The van der Waals surface area contributed by atoms with Crippen molar-refractivity contribution in [1.82, 2.24) is 10.6 Å². The monoisotopic (exact) mass is 468 g/mol. The molecular weight excluding hydrogens is 436 g/mol. The number of ether oxygens (including phenoxy) is 1. The van der Waals surface area contributed by atoms with Crippen LogP contribution in [0.5, 0.6) is 0 Å². The summed E-state index contributed by atoms with van der Waals surface area (Å²) in [6.07, 6.45) is -0.260. The molecule has 2 atom stereocenters. The summed E-state index contributed by atoms with van der Waals surface area (Å²) in [7, 11) is 0. The zero-order chi connectivity index (χ0) is 24.7. The third-order valence-electron chi connectivity index (χ3n) is 6.00. The molecule has 8 heteroatoms. The van der Waals surface area contributed by atoms with Gasteiger partial charge in [-0.15, -0.1) is 0 Å². The van der Waals surface area contributed by atoms with Crippen molar-refractivity contribution < 1.29 is 29.3 Å². The predicted octanol–water partition coefficient (Wildman–Crippen LogP) is 3.14. The lowest BCUT2D eigenvalue weighted by atomic mass is 9.95. The van der Waals surface area contributed by atoms with Crippen LogP contribution < -0.4 is 10.6 Å². The number of carboxylic acids is 1. The topological polar surface area (TPSA) is 125 Å². The molecule has 4 N–H and O–H groups in total. The largest absolute Gasteiger partial charge is 0.480 e. The molecule has 0 aliphatic heterocycles. The lowest BCUT2D eigenvalue weighted by Crippen LogP contribution is -2.47. The van der Waals surface area contributed by atoms with Crippen molar-refractivity contribution in [3.63, 3.8) is 0 Å². The van der Waals surface area contributed by atoms with Crippen LogP contribution >= 0.6 is 0 Å². The molecular formula is C26H32N2O6. The second kappa shape index (κ2) is 11.7. The first-order valence-corrected chi connectivity index (χ1v) is 11.5. The average Bonchev–Trinajstić information content (AvgIpc) is 3.13. The number of hydrogen-bond donors (Lipinski definition) is 4. The summed E-state index contributed by atoms with van der Waals surface area (Å²) in [4.78, 5) is 36.5. The number of aliphatic hydroxyl groups excluding tert-OH is 1. The number of aliphatic hydroxyl groups is 1. The highest BCUT2D eigenvalue weighted by Gasteiger charge is 2.30. The van der Waals surface area contributed by atoms with E-state index in [-0.39, 0.29) is 38.0 Å². The van der Waals surface area contributed by atoms with E-state index in [4.69, 9.17) is 9.84 Å². The molecule has 2 aromatic rings. The predicted molar refractivity (Wildman–Crippen MR) is 127 cm³/mol. The Hall–Kier alpha value is -3.39. The molecule has 1 aliphatic rings.